The highest BCUT2D eigenvalue weighted by atomic mass is 32.2. The molecular formula is C23H18F3N5O2S. The number of rotatable bonds is 5. The average Bonchev–Trinajstić information content (AvgIpc) is 3.25. The van der Waals surface area contributed by atoms with Crippen LogP contribution in [0.5, 0.6) is 0 Å². The van der Waals surface area contributed by atoms with E-state index >= 15 is 0 Å². The Labute approximate surface area is 197 Å². The van der Waals surface area contributed by atoms with Crippen LogP contribution < -0.4 is 10.2 Å². The topological polar surface area (TPSA) is 102 Å². The van der Waals surface area contributed by atoms with E-state index in [0.717, 1.165) is 0 Å². The number of hydrogen-bond acceptors (Lipinski definition) is 7. The summed E-state index contributed by atoms with van der Waals surface area (Å²) in [6.07, 6.45) is 4.48. The molecule has 1 unspecified atom stereocenters. The molecule has 1 aliphatic rings. The average molecular weight is 485 g/mol. The molecule has 0 bridgehead atoms. The molecule has 0 radical (unpaired) electrons. The van der Waals surface area contributed by atoms with E-state index < -0.39 is 17.5 Å². The molecule has 0 spiro atoms. The first-order valence-electron chi connectivity index (χ1n) is 10.2. The zero-order valence-corrected chi connectivity index (χ0v) is 18.4. The molecule has 1 aliphatic heterocycles. The fourth-order valence-electron chi connectivity index (χ4n) is 3.57. The van der Waals surface area contributed by atoms with E-state index in [4.69, 9.17) is 0 Å². The number of nitriles is 1. The third kappa shape index (κ3) is 5.65. The van der Waals surface area contributed by atoms with Crippen molar-refractivity contribution in [3.8, 4) is 17.2 Å². The quantitative estimate of drug-likeness (QED) is 0.515. The van der Waals surface area contributed by atoms with E-state index in [1.807, 2.05) is 11.0 Å². The van der Waals surface area contributed by atoms with Gasteiger partial charge < -0.3 is 15.3 Å². The Kier molecular flexibility index (Phi) is 6.72. The monoisotopic (exact) mass is 485 g/mol. The molecule has 1 saturated heterocycles. The molecule has 0 saturated carbocycles. The van der Waals surface area contributed by atoms with Crippen LogP contribution in [0.2, 0.25) is 0 Å². The van der Waals surface area contributed by atoms with Gasteiger partial charge in [0.1, 0.15) is 11.9 Å². The van der Waals surface area contributed by atoms with Crippen molar-refractivity contribution in [3.05, 3.63) is 66.1 Å². The van der Waals surface area contributed by atoms with Crippen LogP contribution in [0.4, 0.5) is 24.7 Å². The van der Waals surface area contributed by atoms with Crippen molar-refractivity contribution in [2.75, 3.05) is 23.3 Å². The lowest BCUT2D eigenvalue weighted by Crippen LogP contribution is -2.23. The van der Waals surface area contributed by atoms with Gasteiger partial charge in [0.15, 0.2) is 0 Å². The molecule has 3 heterocycles. The predicted molar refractivity (Wildman–Crippen MR) is 121 cm³/mol. The number of hydrogen-bond donors (Lipinski definition) is 2. The van der Waals surface area contributed by atoms with Crippen LogP contribution in [-0.2, 0) is 0 Å². The van der Waals surface area contributed by atoms with Crippen molar-refractivity contribution in [3.63, 3.8) is 0 Å². The van der Waals surface area contributed by atoms with Gasteiger partial charge in [-0.2, -0.15) is 18.4 Å². The second-order valence-corrected chi connectivity index (χ2v) is 8.72. The van der Waals surface area contributed by atoms with E-state index in [1.54, 1.807) is 18.3 Å². The maximum absolute atomic E-state index is 12.9. The van der Waals surface area contributed by atoms with Crippen molar-refractivity contribution in [1.82, 2.24) is 9.97 Å². The smallest absolute Gasteiger partial charge is 0.391 e. The van der Waals surface area contributed by atoms with Gasteiger partial charge in [0.25, 0.3) is 5.91 Å². The van der Waals surface area contributed by atoms with Crippen LogP contribution in [0.3, 0.4) is 0 Å². The maximum atomic E-state index is 12.9. The van der Waals surface area contributed by atoms with Crippen LogP contribution in [0.25, 0.3) is 11.1 Å². The predicted octanol–water partition coefficient (Wildman–Crippen LogP) is 4.45. The van der Waals surface area contributed by atoms with E-state index in [1.165, 1.54) is 36.7 Å². The second kappa shape index (κ2) is 9.70. The normalized spacial score (nSPS) is 15.7. The minimum Gasteiger partial charge on any atom is -0.391 e. The van der Waals surface area contributed by atoms with E-state index in [2.05, 4.69) is 15.3 Å². The molecule has 34 heavy (non-hydrogen) atoms. The highest BCUT2D eigenvalue weighted by Gasteiger charge is 2.29. The van der Waals surface area contributed by atoms with Crippen LogP contribution in [0.15, 0.2) is 59.9 Å². The van der Waals surface area contributed by atoms with Gasteiger partial charge in [-0.25, -0.2) is 4.98 Å². The molecule has 7 nitrogen and oxygen atoms in total. The third-order valence-corrected chi connectivity index (χ3v) is 5.86. The number of halogens is 3. The summed E-state index contributed by atoms with van der Waals surface area (Å²) in [6, 6.07) is 10.6. The SMILES string of the molecule is N#Cc1cncc(-c2cc(C(=O)Nc3ccc(SC(F)(F)F)cc3)cnc2N2CCC(O)C2)c1. The summed E-state index contributed by atoms with van der Waals surface area (Å²) in [6.45, 7) is 0.972. The molecule has 3 aromatic rings. The molecular weight excluding hydrogens is 467 g/mol. The number of anilines is 2. The fraction of sp³-hybridized carbons (Fsp3) is 0.217. The van der Waals surface area contributed by atoms with Gasteiger partial charge in [-0.05, 0) is 54.6 Å². The van der Waals surface area contributed by atoms with Gasteiger partial charge in [-0.1, -0.05) is 0 Å². The summed E-state index contributed by atoms with van der Waals surface area (Å²) in [4.78, 5) is 23.3. The number of pyridine rings is 2. The summed E-state index contributed by atoms with van der Waals surface area (Å²) >= 11 is -0.233. The second-order valence-electron chi connectivity index (χ2n) is 7.58. The largest absolute Gasteiger partial charge is 0.446 e. The number of aromatic nitrogens is 2. The summed E-state index contributed by atoms with van der Waals surface area (Å²) in [7, 11) is 0. The molecule has 2 N–H and O–H groups in total. The Hall–Kier alpha value is -3.62. The molecule has 1 atom stereocenters. The zero-order chi connectivity index (χ0) is 24.3. The number of nitrogens with zero attached hydrogens (tertiary/aromatic N) is 4. The van der Waals surface area contributed by atoms with Gasteiger partial charge in [0, 0.05) is 53.4 Å². The molecule has 2 aromatic heterocycles. The van der Waals surface area contributed by atoms with Crippen molar-refractivity contribution >= 4 is 29.2 Å². The van der Waals surface area contributed by atoms with Crippen LogP contribution in [-0.4, -0.2) is 45.7 Å². The summed E-state index contributed by atoms with van der Waals surface area (Å²) in [5.41, 5.74) is -2.34. The van der Waals surface area contributed by atoms with Gasteiger partial charge in [-0.15, -0.1) is 0 Å². The first-order valence-corrected chi connectivity index (χ1v) is 11.0. The van der Waals surface area contributed by atoms with Crippen molar-refractivity contribution in [2.45, 2.75) is 22.9 Å². The van der Waals surface area contributed by atoms with Gasteiger partial charge in [-0.3, -0.25) is 9.78 Å². The fourth-order valence-corrected chi connectivity index (χ4v) is 4.11. The number of carbonyl (C=O) groups is 1. The van der Waals surface area contributed by atoms with Gasteiger partial charge in [0.05, 0.1) is 17.2 Å². The van der Waals surface area contributed by atoms with Crippen LogP contribution in [0.1, 0.15) is 22.3 Å². The molecule has 0 aliphatic carbocycles. The molecule has 11 heteroatoms. The standard InChI is InChI=1S/C23H18F3N5O2S/c24-23(25,26)34-19-3-1-17(2-4-19)30-22(33)16-8-20(15-7-14(9-27)10-28-11-15)21(29-12-16)31-6-5-18(32)13-31/h1-4,7-8,10-12,18,32H,5-6,13H2,(H,30,33). The lowest BCUT2D eigenvalue weighted by molar-refractivity contribution is -0.0328. The third-order valence-electron chi connectivity index (χ3n) is 5.12. The van der Waals surface area contributed by atoms with Crippen molar-refractivity contribution in [2.24, 2.45) is 0 Å². The Morgan fingerprint density at radius 2 is 1.97 bits per heavy atom. The highest BCUT2D eigenvalue weighted by Crippen LogP contribution is 2.37. The van der Waals surface area contributed by atoms with Gasteiger partial charge >= 0.3 is 5.51 Å². The number of nitrogens with one attached hydrogen (secondary N) is 1. The maximum Gasteiger partial charge on any atom is 0.446 e. The Morgan fingerprint density at radius 3 is 2.62 bits per heavy atom. The zero-order valence-electron chi connectivity index (χ0n) is 17.6. The number of amides is 1. The number of aliphatic hydroxyl groups is 1. The summed E-state index contributed by atoms with van der Waals surface area (Å²) in [5.74, 6) is 0.0564. The van der Waals surface area contributed by atoms with Crippen molar-refractivity contribution in [1.29, 1.82) is 5.26 Å². The first kappa shape index (κ1) is 23.5. The van der Waals surface area contributed by atoms with E-state index in [0.29, 0.717) is 47.7 Å². The molecule has 1 fully saturated rings. The molecule has 174 valence electrons. The van der Waals surface area contributed by atoms with Crippen LogP contribution >= 0.6 is 11.8 Å². The van der Waals surface area contributed by atoms with E-state index in [9.17, 15) is 28.3 Å². The number of benzene rings is 1. The number of aliphatic hydroxyl groups excluding tert-OH is 1. The van der Waals surface area contributed by atoms with E-state index in [-0.39, 0.29) is 22.2 Å². The lowest BCUT2D eigenvalue weighted by Gasteiger charge is -2.21. The Bertz CT molecular complexity index is 1240. The first-order chi connectivity index (χ1) is 16.2. The summed E-state index contributed by atoms with van der Waals surface area (Å²) < 4.78 is 37.5. The number of carbonyl (C=O) groups excluding carboxylic acids is 1. The summed E-state index contributed by atoms with van der Waals surface area (Å²) in [5, 5.41) is 21.8. The molecule has 1 amide bonds. The minimum absolute atomic E-state index is 0.0106. The number of thioether (sulfide) groups is 1. The Morgan fingerprint density at radius 1 is 1.21 bits per heavy atom. The van der Waals surface area contributed by atoms with Crippen LogP contribution in [0, 0.1) is 11.3 Å². The number of alkyl halides is 3. The lowest BCUT2D eigenvalue weighted by atomic mass is 10.0. The van der Waals surface area contributed by atoms with Gasteiger partial charge in [0.2, 0.25) is 0 Å². The van der Waals surface area contributed by atoms with Crippen molar-refractivity contribution < 1.29 is 23.1 Å². The minimum atomic E-state index is -4.39. The number of β-amino-alcohol motifs (C(OH)–C–C–N with tert-alkyl or cyclic N) is 1. The molecule has 4 rings (SSSR count). The highest BCUT2D eigenvalue weighted by molar-refractivity contribution is 8.00. The Balaban J connectivity index is 1.62. The molecule has 1 aromatic carbocycles.